The summed E-state index contributed by atoms with van der Waals surface area (Å²) in [6.45, 7) is 2.01. The van der Waals surface area contributed by atoms with Crippen LogP contribution < -0.4 is 5.32 Å². The molecule has 1 aliphatic heterocycles. The average molecular weight is 271 g/mol. The minimum absolute atomic E-state index is 0.216. The van der Waals surface area contributed by atoms with Crippen molar-refractivity contribution in [2.24, 2.45) is 0 Å². The first kappa shape index (κ1) is 10.4. The Morgan fingerprint density at radius 2 is 2.20 bits per heavy atom. The van der Waals surface area contributed by atoms with Crippen LogP contribution in [-0.4, -0.2) is 16.4 Å². The van der Waals surface area contributed by atoms with E-state index in [1.54, 1.807) is 16.7 Å². The molecule has 0 spiro atoms. The Labute approximate surface area is 95.8 Å². The predicted molar refractivity (Wildman–Crippen MR) is 58.6 cm³/mol. The van der Waals surface area contributed by atoms with Gasteiger partial charge in [-0.15, -0.1) is 0 Å². The topological polar surface area (TPSA) is 51.1 Å². The number of fused-ring (bicyclic) bond motifs is 1. The van der Waals surface area contributed by atoms with Crippen LogP contribution in [0.5, 0.6) is 0 Å². The van der Waals surface area contributed by atoms with E-state index in [2.05, 4.69) is 21.2 Å². The Balaban J connectivity index is 2.49. The Morgan fingerprint density at radius 1 is 1.47 bits per heavy atom. The molecule has 2 rings (SSSR count). The van der Waals surface area contributed by atoms with Crippen molar-refractivity contribution in [3.63, 3.8) is 0 Å². The molecular formula is C10H11BrN2O2. The molecule has 5 heteroatoms. The van der Waals surface area contributed by atoms with Gasteiger partial charge in [-0.2, -0.15) is 0 Å². The van der Waals surface area contributed by atoms with Gasteiger partial charge in [0.05, 0.1) is 4.60 Å². The molecule has 1 aromatic rings. The van der Waals surface area contributed by atoms with E-state index in [1.165, 1.54) is 0 Å². The molecule has 0 unspecified atom stereocenters. The zero-order chi connectivity index (χ0) is 11.0. The van der Waals surface area contributed by atoms with Crippen LogP contribution in [0, 0.1) is 0 Å². The Hall–Kier alpha value is -1.10. The highest BCUT2D eigenvalue weighted by Crippen LogP contribution is 2.27. The number of rotatable bonds is 2. The van der Waals surface area contributed by atoms with Crippen LogP contribution in [0.1, 0.15) is 36.3 Å². The van der Waals surface area contributed by atoms with Gasteiger partial charge >= 0.3 is 0 Å². The van der Waals surface area contributed by atoms with Crippen molar-refractivity contribution in [2.75, 3.05) is 0 Å². The maximum absolute atomic E-state index is 11.6. The summed E-state index contributed by atoms with van der Waals surface area (Å²) in [5.41, 5.74) is 0.542. The number of imide groups is 1. The number of nitrogens with zero attached hydrogens (tertiary/aromatic N) is 1. The van der Waals surface area contributed by atoms with Gasteiger partial charge in [0.1, 0.15) is 11.7 Å². The molecule has 2 amide bonds. The third kappa shape index (κ3) is 1.61. The second-order valence-electron chi connectivity index (χ2n) is 3.53. The first-order valence-corrected chi connectivity index (χ1v) is 5.66. The smallest absolute Gasteiger partial charge is 0.274 e. The Morgan fingerprint density at radius 3 is 2.87 bits per heavy atom. The number of carbonyl (C=O) groups is 2. The Bertz CT molecular complexity index is 425. The van der Waals surface area contributed by atoms with Crippen molar-refractivity contribution < 1.29 is 9.59 Å². The summed E-state index contributed by atoms with van der Waals surface area (Å²) < 4.78 is 2.53. The number of hydrogen-bond acceptors (Lipinski definition) is 2. The lowest BCUT2D eigenvalue weighted by atomic mass is 10.1. The van der Waals surface area contributed by atoms with E-state index in [4.69, 9.17) is 0 Å². The summed E-state index contributed by atoms with van der Waals surface area (Å²) in [7, 11) is 0. The average Bonchev–Trinajstić information content (AvgIpc) is 2.56. The van der Waals surface area contributed by atoms with Gasteiger partial charge in [0.15, 0.2) is 0 Å². The van der Waals surface area contributed by atoms with Gasteiger partial charge in [-0.3, -0.25) is 14.9 Å². The molecular weight excluding hydrogens is 260 g/mol. The molecule has 1 atom stereocenters. The van der Waals surface area contributed by atoms with Gasteiger partial charge in [-0.25, -0.2) is 0 Å². The molecule has 1 N–H and O–H groups in total. The lowest BCUT2D eigenvalue weighted by Crippen LogP contribution is -2.43. The van der Waals surface area contributed by atoms with Crippen LogP contribution >= 0.6 is 15.9 Å². The monoisotopic (exact) mass is 270 g/mol. The fourth-order valence-corrected chi connectivity index (χ4v) is 2.41. The van der Waals surface area contributed by atoms with E-state index in [9.17, 15) is 9.59 Å². The lowest BCUT2D eigenvalue weighted by Gasteiger charge is -2.25. The molecule has 0 fully saturated rings. The number of amides is 2. The molecule has 0 aromatic carbocycles. The predicted octanol–water partition coefficient (Wildman–Crippen LogP) is 1.86. The molecule has 0 bridgehead atoms. The van der Waals surface area contributed by atoms with Gasteiger partial charge in [0, 0.05) is 0 Å². The first-order chi connectivity index (χ1) is 7.15. The number of hydrogen-bond donors (Lipinski definition) is 1. The molecule has 1 aromatic heterocycles. The molecule has 0 radical (unpaired) electrons. The van der Waals surface area contributed by atoms with Crippen LogP contribution in [0.3, 0.4) is 0 Å². The molecule has 0 saturated heterocycles. The molecule has 0 aliphatic carbocycles. The van der Waals surface area contributed by atoms with E-state index in [1.807, 2.05) is 6.92 Å². The van der Waals surface area contributed by atoms with Gasteiger partial charge in [0.25, 0.3) is 5.91 Å². The van der Waals surface area contributed by atoms with Crippen LogP contribution in [0.15, 0.2) is 16.7 Å². The van der Waals surface area contributed by atoms with Crippen molar-refractivity contribution in [3.05, 3.63) is 22.4 Å². The molecule has 80 valence electrons. The van der Waals surface area contributed by atoms with Crippen LogP contribution in [0.4, 0.5) is 0 Å². The summed E-state index contributed by atoms with van der Waals surface area (Å²) in [4.78, 5) is 23.1. The number of carbonyl (C=O) groups excluding carboxylic acids is 2. The van der Waals surface area contributed by atoms with Crippen molar-refractivity contribution in [3.8, 4) is 0 Å². The quantitative estimate of drug-likeness (QED) is 0.835. The normalized spacial score (nSPS) is 20.0. The molecule has 0 saturated carbocycles. The van der Waals surface area contributed by atoms with E-state index >= 15 is 0 Å². The SMILES string of the molecule is CCC[C@H]1C(=O)NC(=O)c2ccc(Br)n21. The summed E-state index contributed by atoms with van der Waals surface area (Å²) in [5.74, 6) is -0.538. The number of nitrogens with one attached hydrogen (secondary N) is 1. The minimum Gasteiger partial charge on any atom is -0.319 e. The maximum atomic E-state index is 11.6. The Kier molecular flexibility index (Phi) is 2.65. The highest BCUT2D eigenvalue weighted by atomic mass is 79.9. The van der Waals surface area contributed by atoms with E-state index in [0.717, 1.165) is 17.4 Å². The summed E-state index contributed by atoms with van der Waals surface area (Å²) in [6, 6.07) is 3.23. The first-order valence-electron chi connectivity index (χ1n) is 4.87. The maximum Gasteiger partial charge on any atom is 0.274 e. The third-order valence-electron chi connectivity index (χ3n) is 2.51. The lowest BCUT2D eigenvalue weighted by molar-refractivity contribution is -0.124. The highest BCUT2D eigenvalue weighted by molar-refractivity contribution is 9.10. The number of aromatic nitrogens is 1. The molecule has 1 aliphatic rings. The second-order valence-corrected chi connectivity index (χ2v) is 4.35. The van der Waals surface area contributed by atoms with Gasteiger partial charge in [-0.1, -0.05) is 13.3 Å². The van der Waals surface area contributed by atoms with Crippen LogP contribution in [0.25, 0.3) is 0 Å². The van der Waals surface area contributed by atoms with Crippen molar-refractivity contribution in [1.82, 2.24) is 9.88 Å². The fourth-order valence-electron chi connectivity index (χ4n) is 1.84. The van der Waals surface area contributed by atoms with Crippen molar-refractivity contribution >= 4 is 27.7 Å². The van der Waals surface area contributed by atoms with Gasteiger partial charge < -0.3 is 4.57 Å². The second kappa shape index (κ2) is 3.81. The molecule has 2 heterocycles. The summed E-state index contributed by atoms with van der Waals surface area (Å²) >= 11 is 3.35. The van der Waals surface area contributed by atoms with Crippen LogP contribution in [-0.2, 0) is 4.79 Å². The molecule has 4 nitrogen and oxygen atoms in total. The summed E-state index contributed by atoms with van der Waals surface area (Å²) in [5, 5.41) is 2.36. The molecule has 15 heavy (non-hydrogen) atoms. The van der Waals surface area contributed by atoms with Crippen molar-refractivity contribution in [2.45, 2.75) is 25.8 Å². The fraction of sp³-hybridized carbons (Fsp3) is 0.400. The summed E-state index contributed by atoms with van der Waals surface area (Å²) in [6.07, 6.45) is 1.63. The zero-order valence-electron chi connectivity index (χ0n) is 8.29. The highest BCUT2D eigenvalue weighted by Gasteiger charge is 2.32. The van der Waals surface area contributed by atoms with E-state index in [-0.39, 0.29) is 17.9 Å². The standard InChI is InChI=1S/C10H11BrN2O2/c1-2-3-6-9(14)12-10(15)7-4-5-8(11)13(6)7/h4-6H,2-3H2,1H3,(H,12,14,15)/t6-/m0/s1. The zero-order valence-corrected chi connectivity index (χ0v) is 9.87. The minimum atomic E-state index is -0.321. The van der Waals surface area contributed by atoms with E-state index in [0.29, 0.717) is 5.69 Å². The van der Waals surface area contributed by atoms with Crippen molar-refractivity contribution in [1.29, 1.82) is 0 Å². The number of halogens is 1. The van der Waals surface area contributed by atoms with Crippen LogP contribution in [0.2, 0.25) is 0 Å². The largest absolute Gasteiger partial charge is 0.319 e. The van der Waals surface area contributed by atoms with Gasteiger partial charge in [-0.05, 0) is 34.5 Å². The van der Waals surface area contributed by atoms with Gasteiger partial charge in [0.2, 0.25) is 5.91 Å². The third-order valence-corrected chi connectivity index (χ3v) is 3.16. The van der Waals surface area contributed by atoms with E-state index < -0.39 is 0 Å².